The van der Waals surface area contributed by atoms with E-state index in [-0.39, 0.29) is 0 Å². The minimum Gasteiger partial charge on any atom is -0.497 e. The van der Waals surface area contributed by atoms with E-state index in [9.17, 15) is 0 Å². The highest BCUT2D eigenvalue weighted by Crippen LogP contribution is 2.28. The zero-order valence-corrected chi connectivity index (χ0v) is 11.7. The van der Waals surface area contributed by atoms with Gasteiger partial charge in [0.15, 0.2) is 0 Å². The first-order valence-electron chi connectivity index (χ1n) is 7.01. The van der Waals surface area contributed by atoms with Gasteiger partial charge in [-0.3, -0.25) is 0 Å². The SMILES string of the molecule is COc1ccc(Cc2ccc3c(c2C)CCC3)cc1. The van der Waals surface area contributed by atoms with Crippen LogP contribution in [0.5, 0.6) is 5.75 Å². The molecule has 0 radical (unpaired) electrons. The molecule has 0 saturated heterocycles. The van der Waals surface area contributed by atoms with E-state index in [1.54, 1.807) is 18.2 Å². The Bertz CT molecular complexity index is 581. The van der Waals surface area contributed by atoms with Gasteiger partial charge in [0.1, 0.15) is 5.75 Å². The molecule has 0 aliphatic heterocycles. The van der Waals surface area contributed by atoms with Gasteiger partial charge in [0.05, 0.1) is 7.11 Å². The topological polar surface area (TPSA) is 9.23 Å². The monoisotopic (exact) mass is 252 g/mol. The van der Waals surface area contributed by atoms with E-state index < -0.39 is 0 Å². The van der Waals surface area contributed by atoms with Crippen molar-refractivity contribution < 1.29 is 4.74 Å². The molecule has 0 N–H and O–H groups in total. The Morgan fingerprint density at radius 2 is 1.79 bits per heavy atom. The highest BCUT2D eigenvalue weighted by Gasteiger charge is 2.15. The lowest BCUT2D eigenvalue weighted by Gasteiger charge is -2.11. The Labute approximate surface area is 115 Å². The molecule has 19 heavy (non-hydrogen) atoms. The molecule has 0 bridgehead atoms. The third-order valence-electron chi connectivity index (χ3n) is 4.23. The molecule has 2 aromatic carbocycles. The zero-order valence-electron chi connectivity index (χ0n) is 11.7. The van der Waals surface area contributed by atoms with Gasteiger partial charge in [-0.15, -0.1) is 0 Å². The summed E-state index contributed by atoms with van der Waals surface area (Å²) in [6.45, 7) is 2.28. The molecule has 0 spiro atoms. The van der Waals surface area contributed by atoms with Gasteiger partial charge in [0.2, 0.25) is 0 Å². The molecule has 0 fully saturated rings. The van der Waals surface area contributed by atoms with Crippen molar-refractivity contribution >= 4 is 0 Å². The molecule has 0 amide bonds. The van der Waals surface area contributed by atoms with Gasteiger partial charge in [0.25, 0.3) is 0 Å². The Balaban J connectivity index is 1.86. The van der Waals surface area contributed by atoms with Crippen molar-refractivity contribution in [1.29, 1.82) is 0 Å². The molecule has 0 aromatic heterocycles. The number of methoxy groups -OCH3 is 1. The Morgan fingerprint density at radius 1 is 1.00 bits per heavy atom. The smallest absolute Gasteiger partial charge is 0.118 e. The minimum atomic E-state index is 0.925. The first-order valence-corrected chi connectivity index (χ1v) is 7.01. The van der Waals surface area contributed by atoms with Crippen LogP contribution in [-0.4, -0.2) is 7.11 Å². The molecule has 1 nitrogen and oxygen atoms in total. The van der Waals surface area contributed by atoms with Crippen LogP contribution in [0.4, 0.5) is 0 Å². The molecule has 0 saturated carbocycles. The van der Waals surface area contributed by atoms with Crippen molar-refractivity contribution in [3.8, 4) is 5.75 Å². The molecule has 1 heteroatoms. The number of hydrogen-bond donors (Lipinski definition) is 0. The molecule has 1 aliphatic rings. The fourth-order valence-electron chi connectivity index (χ4n) is 3.05. The number of rotatable bonds is 3. The van der Waals surface area contributed by atoms with Crippen LogP contribution in [0.1, 0.15) is 34.2 Å². The lowest BCUT2D eigenvalue weighted by molar-refractivity contribution is 0.414. The lowest BCUT2D eigenvalue weighted by Crippen LogP contribution is -1.97. The van der Waals surface area contributed by atoms with Crippen LogP contribution in [0.3, 0.4) is 0 Å². The molecule has 3 rings (SSSR count). The third kappa shape index (κ3) is 2.37. The van der Waals surface area contributed by atoms with E-state index in [0.29, 0.717) is 0 Å². The minimum absolute atomic E-state index is 0.925. The maximum absolute atomic E-state index is 5.20. The number of benzene rings is 2. The average molecular weight is 252 g/mol. The van der Waals surface area contributed by atoms with Gasteiger partial charge in [-0.25, -0.2) is 0 Å². The van der Waals surface area contributed by atoms with E-state index in [4.69, 9.17) is 4.74 Å². The first kappa shape index (κ1) is 12.3. The van der Waals surface area contributed by atoms with E-state index in [2.05, 4.69) is 31.2 Å². The van der Waals surface area contributed by atoms with Crippen LogP contribution in [0.25, 0.3) is 0 Å². The van der Waals surface area contributed by atoms with E-state index in [1.807, 2.05) is 12.1 Å². The molecule has 98 valence electrons. The molecule has 1 aliphatic carbocycles. The summed E-state index contributed by atoms with van der Waals surface area (Å²) in [5.74, 6) is 0.925. The van der Waals surface area contributed by atoms with E-state index in [0.717, 1.165) is 12.2 Å². The van der Waals surface area contributed by atoms with Crippen molar-refractivity contribution in [3.63, 3.8) is 0 Å². The molecular weight excluding hydrogens is 232 g/mol. The molecule has 0 unspecified atom stereocenters. The summed E-state index contributed by atoms with van der Waals surface area (Å²) in [7, 11) is 1.71. The molecule has 2 aromatic rings. The van der Waals surface area contributed by atoms with Crippen molar-refractivity contribution in [2.24, 2.45) is 0 Å². The second kappa shape index (κ2) is 5.08. The predicted molar refractivity (Wildman–Crippen MR) is 79.0 cm³/mol. The molecule has 0 heterocycles. The number of fused-ring (bicyclic) bond motifs is 1. The second-order valence-corrected chi connectivity index (χ2v) is 5.37. The average Bonchev–Trinajstić information content (AvgIpc) is 2.92. The maximum Gasteiger partial charge on any atom is 0.118 e. The zero-order chi connectivity index (χ0) is 13.2. The highest BCUT2D eigenvalue weighted by atomic mass is 16.5. The first-order chi connectivity index (χ1) is 9.28. The Morgan fingerprint density at radius 3 is 2.53 bits per heavy atom. The van der Waals surface area contributed by atoms with E-state index in [1.165, 1.54) is 36.0 Å². The van der Waals surface area contributed by atoms with E-state index >= 15 is 0 Å². The van der Waals surface area contributed by atoms with Gasteiger partial charge in [-0.1, -0.05) is 24.3 Å². The fourth-order valence-corrected chi connectivity index (χ4v) is 3.05. The van der Waals surface area contributed by atoms with Crippen LogP contribution in [0, 0.1) is 6.92 Å². The van der Waals surface area contributed by atoms with Crippen molar-refractivity contribution in [3.05, 3.63) is 64.2 Å². The van der Waals surface area contributed by atoms with Gasteiger partial charge >= 0.3 is 0 Å². The summed E-state index contributed by atoms with van der Waals surface area (Å²) >= 11 is 0. The fraction of sp³-hybridized carbons (Fsp3) is 0.333. The summed E-state index contributed by atoms with van der Waals surface area (Å²) < 4.78 is 5.20. The van der Waals surface area contributed by atoms with Crippen LogP contribution in [0.15, 0.2) is 36.4 Å². The number of hydrogen-bond acceptors (Lipinski definition) is 1. The highest BCUT2D eigenvalue weighted by molar-refractivity contribution is 5.45. The van der Waals surface area contributed by atoms with Crippen LogP contribution >= 0.6 is 0 Å². The van der Waals surface area contributed by atoms with Crippen LogP contribution < -0.4 is 4.74 Å². The third-order valence-corrected chi connectivity index (χ3v) is 4.23. The predicted octanol–water partition coefficient (Wildman–Crippen LogP) is 4.08. The Hall–Kier alpha value is -1.76. The number of aryl methyl sites for hydroxylation is 1. The Kier molecular flexibility index (Phi) is 3.29. The molecule has 0 atom stereocenters. The quantitative estimate of drug-likeness (QED) is 0.799. The normalized spacial score (nSPS) is 13.4. The van der Waals surface area contributed by atoms with Crippen LogP contribution in [0.2, 0.25) is 0 Å². The van der Waals surface area contributed by atoms with Crippen molar-refractivity contribution in [2.45, 2.75) is 32.6 Å². The van der Waals surface area contributed by atoms with Gasteiger partial charge in [-0.05, 0) is 72.6 Å². The summed E-state index contributed by atoms with van der Waals surface area (Å²) in [5, 5.41) is 0. The maximum atomic E-state index is 5.20. The largest absolute Gasteiger partial charge is 0.497 e. The van der Waals surface area contributed by atoms with Gasteiger partial charge in [-0.2, -0.15) is 0 Å². The van der Waals surface area contributed by atoms with Gasteiger partial charge < -0.3 is 4.74 Å². The summed E-state index contributed by atoms with van der Waals surface area (Å²) in [6, 6.07) is 13.0. The summed E-state index contributed by atoms with van der Waals surface area (Å²) in [4.78, 5) is 0. The van der Waals surface area contributed by atoms with Crippen molar-refractivity contribution in [2.75, 3.05) is 7.11 Å². The standard InChI is InChI=1S/C18H20O/c1-13-16(9-8-15-4-3-5-18(13)15)12-14-6-10-17(19-2)11-7-14/h6-11H,3-5,12H2,1-2H3. The van der Waals surface area contributed by atoms with Crippen LogP contribution in [-0.2, 0) is 19.3 Å². The molecular formula is C18H20O. The second-order valence-electron chi connectivity index (χ2n) is 5.37. The van der Waals surface area contributed by atoms with Crippen molar-refractivity contribution in [1.82, 2.24) is 0 Å². The number of ether oxygens (including phenoxy) is 1. The summed E-state index contributed by atoms with van der Waals surface area (Å²) in [5.41, 5.74) is 7.49. The van der Waals surface area contributed by atoms with Gasteiger partial charge in [0, 0.05) is 0 Å². The lowest BCUT2D eigenvalue weighted by atomic mass is 9.94. The summed E-state index contributed by atoms with van der Waals surface area (Å²) in [6.07, 6.45) is 4.86.